The molecular formula is C10H15N3O2. The highest BCUT2D eigenvalue weighted by atomic mass is 16.5. The zero-order chi connectivity index (χ0) is 11.4. The Morgan fingerprint density at radius 3 is 2.40 bits per heavy atom. The first-order valence-corrected chi connectivity index (χ1v) is 4.61. The third kappa shape index (κ3) is 2.68. The number of carbonyl (C=O) groups excluding carboxylic acids is 1. The Bertz CT molecular complexity index is 337. The zero-order valence-corrected chi connectivity index (χ0v) is 8.47. The highest BCUT2D eigenvalue weighted by molar-refractivity contribution is 5.81. The Morgan fingerprint density at radius 2 is 1.93 bits per heavy atom. The second-order valence-corrected chi connectivity index (χ2v) is 3.46. The number of hydrogen-bond donors (Lipinski definition) is 4. The number of nitrogen functional groups attached to an aromatic ring is 1. The molecule has 82 valence electrons. The maximum absolute atomic E-state index is 11.1. The van der Waals surface area contributed by atoms with Gasteiger partial charge in [-0.15, -0.1) is 0 Å². The van der Waals surface area contributed by atoms with Crippen LogP contribution in [-0.2, 0) is 4.79 Å². The van der Waals surface area contributed by atoms with Crippen molar-refractivity contribution in [3.63, 3.8) is 0 Å². The van der Waals surface area contributed by atoms with Gasteiger partial charge in [-0.05, 0) is 17.7 Å². The summed E-state index contributed by atoms with van der Waals surface area (Å²) in [6.07, 6.45) is 0. The second-order valence-electron chi connectivity index (χ2n) is 3.46. The molecule has 0 heterocycles. The molecule has 1 unspecified atom stereocenters. The van der Waals surface area contributed by atoms with E-state index in [1.54, 1.807) is 12.1 Å². The highest BCUT2D eigenvalue weighted by Gasteiger charge is 2.21. The Labute approximate surface area is 88.0 Å². The van der Waals surface area contributed by atoms with Crippen LogP contribution < -0.4 is 16.9 Å². The van der Waals surface area contributed by atoms with Gasteiger partial charge < -0.3 is 11.5 Å². The van der Waals surface area contributed by atoms with Gasteiger partial charge >= 0.3 is 0 Å². The number of anilines is 1. The summed E-state index contributed by atoms with van der Waals surface area (Å²) < 4.78 is 0. The molecule has 5 heteroatoms. The van der Waals surface area contributed by atoms with E-state index in [1.807, 2.05) is 19.1 Å². The van der Waals surface area contributed by atoms with Gasteiger partial charge in [0.1, 0.15) is 0 Å². The highest BCUT2D eigenvalue weighted by Crippen LogP contribution is 2.19. The number of rotatable bonds is 3. The van der Waals surface area contributed by atoms with Crippen molar-refractivity contribution in [3.05, 3.63) is 29.8 Å². The van der Waals surface area contributed by atoms with Crippen molar-refractivity contribution in [2.45, 2.75) is 18.9 Å². The van der Waals surface area contributed by atoms with E-state index in [0.717, 1.165) is 5.56 Å². The first-order chi connectivity index (χ1) is 7.06. The largest absolute Gasteiger partial charge is 0.399 e. The van der Waals surface area contributed by atoms with Gasteiger partial charge in [-0.2, -0.15) is 0 Å². The molecule has 6 N–H and O–H groups in total. The van der Waals surface area contributed by atoms with E-state index in [9.17, 15) is 4.79 Å². The average Bonchev–Trinajstić information content (AvgIpc) is 2.27. The number of benzene rings is 1. The molecule has 1 aromatic carbocycles. The van der Waals surface area contributed by atoms with Crippen LogP contribution in [0.2, 0.25) is 0 Å². The molecule has 2 atom stereocenters. The fourth-order valence-corrected chi connectivity index (χ4v) is 1.31. The summed E-state index contributed by atoms with van der Waals surface area (Å²) in [5.41, 5.74) is 14.3. The fraction of sp³-hybridized carbons (Fsp3) is 0.300. The third-order valence-electron chi connectivity index (χ3n) is 2.41. The summed E-state index contributed by atoms with van der Waals surface area (Å²) in [5, 5.41) is 8.45. The predicted molar refractivity (Wildman–Crippen MR) is 57.2 cm³/mol. The minimum Gasteiger partial charge on any atom is -0.399 e. The molecule has 0 aliphatic heterocycles. The van der Waals surface area contributed by atoms with E-state index >= 15 is 0 Å². The van der Waals surface area contributed by atoms with Gasteiger partial charge in [-0.1, -0.05) is 19.1 Å². The van der Waals surface area contributed by atoms with Crippen molar-refractivity contribution in [2.75, 3.05) is 5.73 Å². The molecule has 0 aliphatic rings. The number of carbonyl (C=O) groups is 1. The normalized spacial score (nSPS) is 14.3. The molecule has 0 bridgehead atoms. The first kappa shape index (κ1) is 11.5. The van der Waals surface area contributed by atoms with Gasteiger partial charge in [0.2, 0.25) is 0 Å². The van der Waals surface area contributed by atoms with Crippen LogP contribution in [-0.4, -0.2) is 17.2 Å². The molecule has 0 spiro atoms. The first-order valence-electron chi connectivity index (χ1n) is 4.61. The average molecular weight is 209 g/mol. The number of amides is 1. The van der Waals surface area contributed by atoms with Crippen molar-refractivity contribution >= 4 is 11.6 Å². The van der Waals surface area contributed by atoms with Crippen LogP contribution in [0.3, 0.4) is 0 Å². The molecule has 1 aromatic rings. The topological polar surface area (TPSA) is 101 Å². The predicted octanol–water partition coefficient (Wildman–Crippen LogP) is 0.205. The smallest absolute Gasteiger partial charge is 0.260 e. The van der Waals surface area contributed by atoms with Crippen LogP contribution in [0.25, 0.3) is 0 Å². The standard InChI is InChI=1S/C10H15N3O2/c1-6(9(12)10(14)13-15)7-2-4-8(11)5-3-7/h2-6,9,15H,11-12H2,1H3,(H,13,14)/t6?,9-/m0/s1. The molecule has 0 aromatic heterocycles. The van der Waals surface area contributed by atoms with Crippen molar-refractivity contribution in [1.82, 2.24) is 5.48 Å². The van der Waals surface area contributed by atoms with E-state index < -0.39 is 11.9 Å². The minimum atomic E-state index is -0.779. The number of nitrogens with one attached hydrogen (secondary N) is 1. The molecule has 1 amide bonds. The van der Waals surface area contributed by atoms with Crippen LogP contribution in [0.15, 0.2) is 24.3 Å². The molecule has 0 radical (unpaired) electrons. The Balaban J connectivity index is 2.80. The maximum Gasteiger partial charge on any atom is 0.260 e. The van der Waals surface area contributed by atoms with Crippen LogP contribution >= 0.6 is 0 Å². The van der Waals surface area contributed by atoms with Crippen molar-refractivity contribution in [3.8, 4) is 0 Å². The van der Waals surface area contributed by atoms with Gasteiger partial charge in [0.25, 0.3) is 5.91 Å². The lowest BCUT2D eigenvalue weighted by Crippen LogP contribution is -2.42. The van der Waals surface area contributed by atoms with E-state index in [-0.39, 0.29) is 5.92 Å². The summed E-state index contributed by atoms with van der Waals surface area (Å²) in [7, 11) is 0. The van der Waals surface area contributed by atoms with Gasteiger partial charge in [0.05, 0.1) is 6.04 Å². The summed E-state index contributed by atoms with van der Waals surface area (Å²) in [5.74, 6) is -0.780. The summed E-state index contributed by atoms with van der Waals surface area (Å²) in [6, 6.07) is 6.33. The van der Waals surface area contributed by atoms with E-state index in [2.05, 4.69) is 0 Å². The zero-order valence-electron chi connectivity index (χ0n) is 8.47. The Hall–Kier alpha value is -1.59. The number of hydroxylamine groups is 1. The van der Waals surface area contributed by atoms with Gasteiger partial charge in [0.15, 0.2) is 0 Å². The van der Waals surface area contributed by atoms with Gasteiger partial charge in [-0.3, -0.25) is 10.0 Å². The lowest BCUT2D eigenvalue weighted by atomic mass is 9.93. The number of nitrogens with two attached hydrogens (primary N) is 2. The molecule has 15 heavy (non-hydrogen) atoms. The van der Waals surface area contributed by atoms with Crippen molar-refractivity contribution in [1.29, 1.82) is 0 Å². The third-order valence-corrected chi connectivity index (χ3v) is 2.41. The Morgan fingerprint density at radius 1 is 1.40 bits per heavy atom. The maximum atomic E-state index is 11.1. The lowest BCUT2D eigenvalue weighted by molar-refractivity contribution is -0.130. The molecule has 0 saturated carbocycles. The molecule has 0 fully saturated rings. The summed E-state index contributed by atoms with van der Waals surface area (Å²) in [6.45, 7) is 1.81. The summed E-state index contributed by atoms with van der Waals surface area (Å²) in [4.78, 5) is 11.1. The molecule has 5 nitrogen and oxygen atoms in total. The molecular weight excluding hydrogens is 194 g/mol. The van der Waals surface area contributed by atoms with Crippen LogP contribution in [0.1, 0.15) is 18.4 Å². The van der Waals surface area contributed by atoms with Crippen molar-refractivity contribution in [2.24, 2.45) is 5.73 Å². The van der Waals surface area contributed by atoms with E-state index in [4.69, 9.17) is 16.7 Å². The fourth-order valence-electron chi connectivity index (χ4n) is 1.31. The molecule has 0 saturated heterocycles. The SMILES string of the molecule is CC(c1ccc(N)cc1)[C@H](N)C(=O)NO. The second kappa shape index (κ2) is 4.77. The van der Waals surface area contributed by atoms with Gasteiger partial charge in [-0.25, -0.2) is 5.48 Å². The molecule has 0 aliphatic carbocycles. The van der Waals surface area contributed by atoms with E-state index in [1.165, 1.54) is 5.48 Å². The molecule has 1 rings (SSSR count). The van der Waals surface area contributed by atoms with Crippen LogP contribution in [0, 0.1) is 0 Å². The lowest BCUT2D eigenvalue weighted by Gasteiger charge is -2.18. The summed E-state index contributed by atoms with van der Waals surface area (Å²) >= 11 is 0. The van der Waals surface area contributed by atoms with Crippen LogP contribution in [0.5, 0.6) is 0 Å². The van der Waals surface area contributed by atoms with Crippen LogP contribution in [0.4, 0.5) is 5.69 Å². The van der Waals surface area contributed by atoms with Crippen molar-refractivity contribution < 1.29 is 10.0 Å². The quantitative estimate of drug-likeness (QED) is 0.324. The monoisotopic (exact) mass is 209 g/mol. The van der Waals surface area contributed by atoms with Gasteiger partial charge in [0, 0.05) is 11.6 Å². The van der Waals surface area contributed by atoms with E-state index in [0.29, 0.717) is 5.69 Å². The number of hydrogen-bond acceptors (Lipinski definition) is 4. The Kier molecular flexibility index (Phi) is 3.65. The minimum absolute atomic E-state index is 0.183.